The molecule has 114 valence electrons. The number of carbonyl (C=O) groups is 1. The molecule has 2 rings (SSSR count). The van der Waals surface area contributed by atoms with Gasteiger partial charge in [-0.05, 0) is 26.1 Å². The molecular formula is C15H21N3O3. The number of amides is 1. The number of likely N-dealkylation sites (N-methyl/N-ethyl adjacent to an activating group) is 1. The Morgan fingerprint density at radius 1 is 1.29 bits per heavy atom. The molecule has 0 radical (unpaired) electrons. The molecule has 6 heteroatoms. The van der Waals surface area contributed by atoms with E-state index in [4.69, 9.17) is 9.94 Å². The lowest BCUT2D eigenvalue weighted by Gasteiger charge is -2.32. The third kappa shape index (κ3) is 3.95. The van der Waals surface area contributed by atoms with Crippen LogP contribution < -0.4 is 4.74 Å². The van der Waals surface area contributed by atoms with Crippen molar-refractivity contribution in [2.45, 2.75) is 6.92 Å². The zero-order valence-electron chi connectivity index (χ0n) is 12.5. The maximum absolute atomic E-state index is 12.1. The van der Waals surface area contributed by atoms with Crippen molar-refractivity contribution < 1.29 is 14.7 Å². The molecular weight excluding hydrogens is 270 g/mol. The highest BCUT2D eigenvalue weighted by atomic mass is 16.5. The van der Waals surface area contributed by atoms with Crippen LogP contribution in [0, 0.1) is 0 Å². The highest BCUT2D eigenvalue weighted by Crippen LogP contribution is 2.19. The summed E-state index contributed by atoms with van der Waals surface area (Å²) in [6, 6.07) is 7.22. The lowest BCUT2D eigenvalue weighted by molar-refractivity contribution is -0.134. The maximum Gasteiger partial charge on any atom is 0.260 e. The van der Waals surface area contributed by atoms with Crippen molar-refractivity contribution in [1.29, 1.82) is 0 Å². The first-order chi connectivity index (χ1) is 10.1. The number of para-hydroxylation sites is 1. The van der Waals surface area contributed by atoms with E-state index in [0.717, 1.165) is 26.2 Å². The van der Waals surface area contributed by atoms with Crippen LogP contribution in [-0.2, 0) is 4.79 Å². The van der Waals surface area contributed by atoms with Gasteiger partial charge in [0.05, 0.1) is 5.71 Å². The number of benzene rings is 1. The van der Waals surface area contributed by atoms with E-state index >= 15 is 0 Å². The van der Waals surface area contributed by atoms with E-state index in [0.29, 0.717) is 17.0 Å². The second-order valence-electron chi connectivity index (χ2n) is 5.15. The minimum Gasteiger partial charge on any atom is -0.483 e. The van der Waals surface area contributed by atoms with E-state index < -0.39 is 0 Å². The van der Waals surface area contributed by atoms with E-state index in [1.54, 1.807) is 19.1 Å². The number of nitrogens with zero attached hydrogens (tertiary/aromatic N) is 3. The summed E-state index contributed by atoms with van der Waals surface area (Å²) in [7, 11) is 2.05. The standard InChI is InChI=1S/C15H21N3O3/c1-12(16-20)13-5-3-4-6-14(13)21-11-15(19)18-9-7-17(2)8-10-18/h3-6,20H,7-11H2,1-2H3/b16-12+. The van der Waals surface area contributed by atoms with Gasteiger partial charge in [-0.2, -0.15) is 0 Å². The van der Waals surface area contributed by atoms with Gasteiger partial charge in [-0.1, -0.05) is 17.3 Å². The van der Waals surface area contributed by atoms with Crippen molar-refractivity contribution in [2.75, 3.05) is 39.8 Å². The minimum absolute atomic E-state index is 0.000559. The van der Waals surface area contributed by atoms with Gasteiger partial charge >= 0.3 is 0 Å². The number of oxime groups is 1. The number of carbonyl (C=O) groups excluding carboxylic acids is 1. The fourth-order valence-corrected chi connectivity index (χ4v) is 2.23. The largest absolute Gasteiger partial charge is 0.483 e. The van der Waals surface area contributed by atoms with Crippen LogP contribution in [0.15, 0.2) is 29.4 Å². The Kier molecular flexibility index (Phi) is 5.16. The highest BCUT2D eigenvalue weighted by molar-refractivity contribution is 6.00. The van der Waals surface area contributed by atoms with Crippen molar-refractivity contribution >= 4 is 11.6 Å². The monoisotopic (exact) mass is 291 g/mol. The summed E-state index contributed by atoms with van der Waals surface area (Å²) in [6.45, 7) is 4.93. The molecule has 0 unspecified atom stereocenters. The summed E-state index contributed by atoms with van der Waals surface area (Å²) in [5, 5.41) is 12.1. The van der Waals surface area contributed by atoms with Gasteiger partial charge in [0.2, 0.25) is 0 Å². The van der Waals surface area contributed by atoms with Gasteiger partial charge < -0.3 is 19.7 Å². The van der Waals surface area contributed by atoms with E-state index in [-0.39, 0.29) is 12.5 Å². The third-order valence-corrected chi connectivity index (χ3v) is 3.63. The first kappa shape index (κ1) is 15.3. The zero-order valence-corrected chi connectivity index (χ0v) is 12.5. The average Bonchev–Trinajstić information content (AvgIpc) is 2.52. The van der Waals surface area contributed by atoms with Crippen LogP contribution in [0.4, 0.5) is 0 Å². The zero-order chi connectivity index (χ0) is 15.2. The van der Waals surface area contributed by atoms with Crippen molar-refractivity contribution in [3.8, 4) is 5.75 Å². The van der Waals surface area contributed by atoms with E-state index in [1.807, 2.05) is 24.1 Å². The van der Waals surface area contributed by atoms with Crippen LogP contribution in [0.2, 0.25) is 0 Å². The normalized spacial score (nSPS) is 16.9. The Bertz CT molecular complexity index is 523. The van der Waals surface area contributed by atoms with Gasteiger partial charge in [0.15, 0.2) is 6.61 Å². The van der Waals surface area contributed by atoms with Gasteiger partial charge in [0.25, 0.3) is 5.91 Å². The molecule has 6 nitrogen and oxygen atoms in total. The Morgan fingerprint density at radius 2 is 1.95 bits per heavy atom. The SMILES string of the molecule is C/C(=N\O)c1ccccc1OCC(=O)N1CCN(C)CC1. The van der Waals surface area contributed by atoms with Crippen LogP contribution in [0.3, 0.4) is 0 Å². The molecule has 1 aliphatic rings. The molecule has 0 spiro atoms. The van der Waals surface area contributed by atoms with Crippen molar-refractivity contribution in [2.24, 2.45) is 5.16 Å². The topological polar surface area (TPSA) is 65.4 Å². The Balaban J connectivity index is 1.95. The number of hydrogen-bond donors (Lipinski definition) is 1. The van der Waals surface area contributed by atoms with Crippen molar-refractivity contribution in [3.05, 3.63) is 29.8 Å². The Morgan fingerprint density at radius 3 is 2.62 bits per heavy atom. The van der Waals surface area contributed by atoms with Crippen LogP contribution in [-0.4, -0.2) is 66.5 Å². The predicted octanol–water partition coefficient (Wildman–Crippen LogP) is 1.04. The fraction of sp³-hybridized carbons (Fsp3) is 0.467. The average molecular weight is 291 g/mol. The smallest absolute Gasteiger partial charge is 0.260 e. The van der Waals surface area contributed by atoms with E-state index in [2.05, 4.69) is 10.1 Å². The van der Waals surface area contributed by atoms with Gasteiger partial charge in [-0.15, -0.1) is 0 Å². The van der Waals surface area contributed by atoms with Crippen LogP contribution in [0.5, 0.6) is 5.75 Å². The van der Waals surface area contributed by atoms with Gasteiger partial charge in [-0.3, -0.25) is 4.79 Å². The summed E-state index contributed by atoms with van der Waals surface area (Å²) in [5.74, 6) is 0.534. The first-order valence-corrected chi connectivity index (χ1v) is 6.99. The number of rotatable bonds is 4. The van der Waals surface area contributed by atoms with Gasteiger partial charge in [0, 0.05) is 31.7 Å². The number of piperazine rings is 1. The van der Waals surface area contributed by atoms with E-state index in [1.165, 1.54) is 0 Å². The molecule has 0 saturated carbocycles. The van der Waals surface area contributed by atoms with Crippen molar-refractivity contribution in [3.63, 3.8) is 0 Å². The molecule has 1 amide bonds. The molecule has 1 N–H and O–H groups in total. The molecule has 0 aromatic heterocycles. The molecule has 21 heavy (non-hydrogen) atoms. The summed E-state index contributed by atoms with van der Waals surface area (Å²) in [5.41, 5.74) is 1.14. The molecule has 1 aromatic carbocycles. The molecule has 0 aliphatic carbocycles. The lowest BCUT2D eigenvalue weighted by atomic mass is 10.1. The number of ether oxygens (including phenoxy) is 1. The fourth-order valence-electron chi connectivity index (χ4n) is 2.23. The van der Waals surface area contributed by atoms with Gasteiger partial charge in [0.1, 0.15) is 5.75 Å². The van der Waals surface area contributed by atoms with E-state index in [9.17, 15) is 4.79 Å². The summed E-state index contributed by atoms with van der Waals surface area (Å²) in [4.78, 5) is 16.1. The summed E-state index contributed by atoms with van der Waals surface area (Å²) in [6.07, 6.45) is 0. The van der Waals surface area contributed by atoms with Gasteiger partial charge in [-0.25, -0.2) is 0 Å². The van der Waals surface area contributed by atoms with Crippen LogP contribution in [0.25, 0.3) is 0 Å². The molecule has 1 heterocycles. The molecule has 0 atom stereocenters. The second kappa shape index (κ2) is 7.08. The molecule has 1 fully saturated rings. The van der Waals surface area contributed by atoms with Crippen LogP contribution >= 0.6 is 0 Å². The third-order valence-electron chi connectivity index (χ3n) is 3.63. The highest BCUT2D eigenvalue weighted by Gasteiger charge is 2.19. The summed E-state index contributed by atoms with van der Waals surface area (Å²) < 4.78 is 5.61. The minimum atomic E-state index is -0.0171. The van der Waals surface area contributed by atoms with Crippen molar-refractivity contribution in [1.82, 2.24) is 9.80 Å². The first-order valence-electron chi connectivity index (χ1n) is 6.99. The summed E-state index contributed by atoms with van der Waals surface area (Å²) >= 11 is 0. The van der Waals surface area contributed by atoms with Crippen LogP contribution in [0.1, 0.15) is 12.5 Å². The maximum atomic E-state index is 12.1. The molecule has 1 aliphatic heterocycles. The molecule has 1 saturated heterocycles. The number of hydrogen-bond acceptors (Lipinski definition) is 5. The quantitative estimate of drug-likeness (QED) is 0.511. The lowest BCUT2D eigenvalue weighted by Crippen LogP contribution is -2.48. The Hall–Kier alpha value is -2.08. The molecule has 1 aromatic rings. The molecule has 0 bridgehead atoms. The Labute approximate surface area is 124 Å². The second-order valence-corrected chi connectivity index (χ2v) is 5.15. The predicted molar refractivity (Wildman–Crippen MR) is 80.0 cm³/mol.